The van der Waals surface area contributed by atoms with Crippen LogP contribution in [0.4, 0.5) is 9.59 Å². The average molecular weight is 1120 g/mol. The zero-order chi connectivity index (χ0) is 54.9. The molecule has 77 heavy (non-hydrogen) atoms. The van der Waals surface area contributed by atoms with E-state index in [4.69, 9.17) is 18.9 Å². The number of nitrogens with zero attached hydrogens (tertiary/aromatic N) is 1. The Hall–Kier alpha value is -3.62. The lowest BCUT2D eigenvalue weighted by molar-refractivity contribution is -0.156. The number of ketones is 1. The topological polar surface area (TPSA) is 215 Å². The number of esters is 1. The van der Waals surface area contributed by atoms with Gasteiger partial charge in [0, 0.05) is 66.5 Å². The van der Waals surface area contributed by atoms with E-state index in [9.17, 15) is 28.8 Å². The van der Waals surface area contributed by atoms with Crippen molar-refractivity contribution in [2.24, 2.45) is 0 Å². The first-order valence-corrected chi connectivity index (χ1v) is 31.6. The molecule has 0 saturated carbocycles. The van der Waals surface area contributed by atoms with Crippen molar-refractivity contribution in [2.45, 2.75) is 215 Å². The van der Waals surface area contributed by atoms with Gasteiger partial charge in [-0.1, -0.05) is 82.8 Å². The van der Waals surface area contributed by atoms with E-state index in [0.29, 0.717) is 80.7 Å². The molecule has 4 heterocycles. The number of hydrogen-bond donors (Lipinski definition) is 6. The molecule has 0 aromatic heterocycles. The van der Waals surface area contributed by atoms with E-state index in [1.165, 1.54) is 50.5 Å². The average Bonchev–Trinajstić information content (AvgIpc) is 4.18. The maximum Gasteiger partial charge on any atom is 0.315 e. The highest BCUT2D eigenvalue weighted by atomic mass is 32.2. The smallest absolute Gasteiger partial charge is 0.315 e. The molecule has 0 aliphatic carbocycles. The van der Waals surface area contributed by atoms with Gasteiger partial charge in [-0.25, -0.2) is 9.59 Å². The van der Waals surface area contributed by atoms with Gasteiger partial charge in [-0.3, -0.25) is 24.1 Å². The first-order valence-electron chi connectivity index (χ1n) is 29.5. The summed E-state index contributed by atoms with van der Waals surface area (Å²) in [4.78, 5) is 75.5. The molecule has 19 heteroatoms. The standard InChI is InChI=1S/C58H97N7O10S2/c1-58(2,3)75-52(68)30-35-72-37-39-74-40-38-73-36-32-60-55(69)45-28-26-44(27-29-45)41-65(33-19-11-7-4-5-9-13-21-46(66)22-14-15-23-49-53-47(42-76-49)61-56(70)63-53)34-20-12-8-6-10-18-31-59-51(67)25-17-16-24-50-54-48(43-77-50)62-57(71)64-54/h26-29,47-50,53-54H,4-25,30-43H2,1-3H3,(H,59,67)(H,60,69)(H2,61,63,70)(H2,62,64,71). The van der Waals surface area contributed by atoms with E-state index in [1.54, 1.807) is 0 Å². The highest BCUT2D eigenvalue weighted by Gasteiger charge is 2.43. The lowest BCUT2D eigenvalue weighted by Gasteiger charge is -2.23. The van der Waals surface area contributed by atoms with Crippen LogP contribution in [0.1, 0.15) is 184 Å². The number of urea groups is 2. The summed E-state index contributed by atoms with van der Waals surface area (Å²) in [6.07, 6.45) is 22.9. The highest BCUT2D eigenvalue weighted by Crippen LogP contribution is 2.34. The van der Waals surface area contributed by atoms with E-state index in [2.05, 4.69) is 48.9 Å². The number of amides is 6. The van der Waals surface area contributed by atoms with Gasteiger partial charge >= 0.3 is 18.0 Å². The van der Waals surface area contributed by atoms with Crippen molar-refractivity contribution >= 4 is 59.2 Å². The van der Waals surface area contributed by atoms with Gasteiger partial charge in [0.15, 0.2) is 0 Å². The predicted octanol–water partition coefficient (Wildman–Crippen LogP) is 8.60. The Bertz CT molecular complexity index is 1820. The number of Topliss-reactive ketones (excluding diaryl/α,β-unsaturated/α-hetero) is 1. The molecule has 6 atom stereocenters. The summed E-state index contributed by atoms with van der Waals surface area (Å²) in [5.74, 6) is 2.07. The second-order valence-corrected chi connectivity index (χ2v) is 24.9. The van der Waals surface area contributed by atoms with Gasteiger partial charge in [0.1, 0.15) is 11.4 Å². The molecule has 17 nitrogen and oxygen atoms in total. The van der Waals surface area contributed by atoms with E-state index in [0.717, 1.165) is 115 Å². The Morgan fingerprint density at radius 3 is 1.62 bits per heavy atom. The summed E-state index contributed by atoms with van der Waals surface area (Å²) >= 11 is 3.86. The number of ether oxygens (including phenoxy) is 4. The molecule has 436 valence electrons. The van der Waals surface area contributed by atoms with E-state index < -0.39 is 5.60 Å². The molecular weight excluding hydrogens is 1020 g/mol. The normalized spacial score (nSPS) is 20.6. The fourth-order valence-corrected chi connectivity index (χ4v) is 13.5. The lowest BCUT2D eigenvalue weighted by atomic mass is 10.0. The van der Waals surface area contributed by atoms with Crippen LogP contribution in [0.5, 0.6) is 0 Å². The van der Waals surface area contributed by atoms with Gasteiger partial charge in [0.2, 0.25) is 5.91 Å². The van der Waals surface area contributed by atoms with E-state index in [-0.39, 0.29) is 67.0 Å². The molecule has 4 aliphatic rings. The Kier molecular flexibility index (Phi) is 31.1. The molecular formula is C58H97N7O10S2. The fraction of sp³-hybridized carbons (Fsp3) is 0.793. The van der Waals surface area contributed by atoms with E-state index in [1.807, 2.05) is 56.4 Å². The third-order valence-corrected chi connectivity index (χ3v) is 17.7. The lowest BCUT2D eigenvalue weighted by Crippen LogP contribution is -2.36. The fourth-order valence-electron chi connectivity index (χ4n) is 10.5. The minimum Gasteiger partial charge on any atom is -0.460 e. The van der Waals surface area contributed by atoms with Gasteiger partial charge in [0.25, 0.3) is 5.91 Å². The molecule has 5 rings (SSSR count). The van der Waals surface area contributed by atoms with Crippen LogP contribution in [0.3, 0.4) is 0 Å². The van der Waals surface area contributed by atoms with Gasteiger partial charge in [-0.05, 0) is 103 Å². The summed E-state index contributed by atoms with van der Waals surface area (Å²) in [6, 6.07) is 8.83. The maximum absolute atomic E-state index is 12.9. The largest absolute Gasteiger partial charge is 0.460 e. The minimum absolute atomic E-state index is 0.0416. The number of rotatable bonds is 44. The van der Waals surface area contributed by atoms with Crippen molar-refractivity contribution in [2.75, 3.05) is 77.3 Å². The summed E-state index contributed by atoms with van der Waals surface area (Å²) in [7, 11) is 0. The molecule has 6 N–H and O–H groups in total. The second kappa shape index (κ2) is 37.3. The number of carbonyl (C=O) groups is 6. The van der Waals surface area contributed by atoms with Crippen LogP contribution >= 0.6 is 23.5 Å². The first-order chi connectivity index (χ1) is 37.3. The number of thioether (sulfide) groups is 2. The number of fused-ring (bicyclic) bond motifs is 2. The summed E-state index contributed by atoms with van der Waals surface area (Å²) in [5.41, 5.74) is 1.32. The molecule has 4 saturated heterocycles. The monoisotopic (exact) mass is 1120 g/mol. The first kappa shape index (κ1) is 64.2. The van der Waals surface area contributed by atoms with Crippen LogP contribution in [0.15, 0.2) is 24.3 Å². The van der Waals surface area contributed by atoms with Gasteiger partial charge in [-0.15, -0.1) is 0 Å². The third-order valence-electron chi connectivity index (χ3n) is 14.6. The second-order valence-electron chi connectivity index (χ2n) is 22.4. The molecule has 6 unspecified atom stereocenters. The zero-order valence-corrected chi connectivity index (χ0v) is 48.7. The minimum atomic E-state index is -0.501. The molecule has 0 bridgehead atoms. The summed E-state index contributed by atoms with van der Waals surface area (Å²) in [6.45, 7) is 11.8. The molecule has 1 aromatic carbocycles. The van der Waals surface area contributed by atoms with Crippen molar-refractivity contribution in [1.29, 1.82) is 0 Å². The molecule has 0 radical (unpaired) electrons. The Morgan fingerprint density at radius 1 is 0.558 bits per heavy atom. The van der Waals surface area contributed by atoms with Crippen molar-refractivity contribution in [3.63, 3.8) is 0 Å². The predicted molar refractivity (Wildman–Crippen MR) is 308 cm³/mol. The Labute approximate surface area is 469 Å². The van der Waals surface area contributed by atoms with Gasteiger partial charge < -0.3 is 50.8 Å². The Balaban J connectivity index is 0.891. The molecule has 6 amide bonds. The maximum atomic E-state index is 12.9. The van der Waals surface area contributed by atoms with Crippen molar-refractivity contribution < 1.29 is 47.7 Å². The molecule has 0 spiro atoms. The van der Waals surface area contributed by atoms with Crippen LogP contribution in [0, 0.1) is 0 Å². The number of nitrogens with one attached hydrogen (secondary N) is 6. The number of unbranched alkanes of at least 4 members (excludes halogenated alkanes) is 13. The number of benzene rings is 1. The van der Waals surface area contributed by atoms with Crippen LogP contribution in [0.2, 0.25) is 0 Å². The Morgan fingerprint density at radius 2 is 1.05 bits per heavy atom. The number of carbonyl (C=O) groups excluding carboxylic acids is 6. The van der Waals surface area contributed by atoms with Crippen molar-refractivity contribution in [3.8, 4) is 0 Å². The molecule has 4 fully saturated rings. The quantitative estimate of drug-likeness (QED) is 0.0205. The van der Waals surface area contributed by atoms with Crippen LogP contribution in [-0.4, -0.2) is 158 Å². The van der Waals surface area contributed by atoms with Crippen LogP contribution in [0.25, 0.3) is 0 Å². The van der Waals surface area contributed by atoms with Gasteiger partial charge in [0.05, 0.1) is 70.2 Å². The van der Waals surface area contributed by atoms with Crippen LogP contribution < -0.4 is 31.9 Å². The zero-order valence-electron chi connectivity index (χ0n) is 47.1. The van der Waals surface area contributed by atoms with Crippen molar-refractivity contribution in [3.05, 3.63) is 35.4 Å². The third kappa shape index (κ3) is 27.4. The SMILES string of the molecule is CC(C)(C)OC(=O)CCOCCOCCOCCNC(=O)c1ccc(CN(CCCCCCCCCC(=O)CCCCC2SCC3NC(=O)NC32)CCCCCCCCNC(=O)CCCCC2SCC3NC(=O)NC32)cc1. The highest BCUT2D eigenvalue weighted by molar-refractivity contribution is 8.00. The van der Waals surface area contributed by atoms with Crippen molar-refractivity contribution in [1.82, 2.24) is 36.8 Å². The van der Waals surface area contributed by atoms with E-state index >= 15 is 0 Å². The molecule has 1 aromatic rings. The molecule has 4 aliphatic heterocycles. The number of hydrogen-bond acceptors (Lipinski definition) is 13. The van der Waals surface area contributed by atoms with Crippen LogP contribution in [-0.2, 0) is 39.9 Å². The van der Waals surface area contributed by atoms with Gasteiger partial charge in [-0.2, -0.15) is 23.5 Å². The summed E-state index contributed by atoms with van der Waals surface area (Å²) in [5, 5.41) is 19.1. The summed E-state index contributed by atoms with van der Waals surface area (Å²) < 4.78 is 21.9.